The highest BCUT2D eigenvalue weighted by molar-refractivity contribution is 8.00. The molecule has 124 valence electrons. The van der Waals surface area contributed by atoms with E-state index in [2.05, 4.69) is 34.2 Å². The molecule has 1 N–H and O–H groups in total. The zero-order valence-corrected chi connectivity index (χ0v) is 14.7. The lowest BCUT2D eigenvalue weighted by Crippen LogP contribution is -2.15. The average Bonchev–Trinajstić information content (AvgIpc) is 2.95. The molecule has 0 unspecified atom stereocenters. The maximum absolute atomic E-state index is 12.3. The molecule has 3 rings (SSSR count). The molecule has 0 spiro atoms. The summed E-state index contributed by atoms with van der Waals surface area (Å²) in [6.07, 6.45) is 3.22. The molecule has 0 saturated heterocycles. The number of para-hydroxylation sites is 1. The minimum Gasteiger partial charge on any atom is -0.325 e. The van der Waals surface area contributed by atoms with E-state index >= 15 is 0 Å². The summed E-state index contributed by atoms with van der Waals surface area (Å²) in [7, 11) is 1.83. The molecule has 0 bridgehead atoms. The Labute approximate surface area is 144 Å². The first-order valence-electron chi connectivity index (χ1n) is 7.70. The quantitative estimate of drug-likeness (QED) is 0.570. The number of amides is 1. The van der Waals surface area contributed by atoms with Gasteiger partial charge in [0, 0.05) is 12.7 Å². The molecule has 24 heavy (non-hydrogen) atoms. The van der Waals surface area contributed by atoms with Crippen molar-refractivity contribution in [3.8, 4) is 0 Å². The number of rotatable bonds is 5. The van der Waals surface area contributed by atoms with Gasteiger partial charge in [0.2, 0.25) is 5.91 Å². The summed E-state index contributed by atoms with van der Waals surface area (Å²) in [5.74, 6) is 0.586. The van der Waals surface area contributed by atoms with Crippen molar-refractivity contribution in [1.29, 1.82) is 0 Å². The predicted molar refractivity (Wildman–Crippen MR) is 96.2 cm³/mol. The highest BCUT2D eigenvalue weighted by Crippen LogP contribution is 2.26. The van der Waals surface area contributed by atoms with Crippen molar-refractivity contribution in [1.82, 2.24) is 19.7 Å². The SMILES string of the molecule is CC(C)c1ccccc1NC(=O)CSc1ncnc2c1cnn2C. The smallest absolute Gasteiger partial charge is 0.234 e. The Morgan fingerprint density at radius 3 is 2.88 bits per heavy atom. The van der Waals surface area contributed by atoms with Gasteiger partial charge in [-0.3, -0.25) is 9.48 Å². The summed E-state index contributed by atoms with van der Waals surface area (Å²) in [6, 6.07) is 7.89. The van der Waals surface area contributed by atoms with Gasteiger partial charge in [0.05, 0.1) is 17.3 Å². The Morgan fingerprint density at radius 1 is 1.29 bits per heavy atom. The van der Waals surface area contributed by atoms with Gasteiger partial charge in [-0.25, -0.2) is 9.97 Å². The normalized spacial score (nSPS) is 11.2. The number of aryl methyl sites for hydroxylation is 1. The lowest BCUT2D eigenvalue weighted by molar-refractivity contribution is -0.113. The van der Waals surface area contributed by atoms with Crippen molar-refractivity contribution in [2.24, 2.45) is 7.05 Å². The average molecular weight is 341 g/mol. The van der Waals surface area contributed by atoms with Crippen LogP contribution in [0.2, 0.25) is 0 Å². The number of hydrogen-bond acceptors (Lipinski definition) is 5. The van der Waals surface area contributed by atoms with Gasteiger partial charge in [0.1, 0.15) is 11.4 Å². The molecule has 0 saturated carbocycles. The van der Waals surface area contributed by atoms with E-state index < -0.39 is 0 Å². The Balaban J connectivity index is 1.70. The van der Waals surface area contributed by atoms with Crippen molar-refractivity contribution in [3.63, 3.8) is 0 Å². The van der Waals surface area contributed by atoms with Crippen LogP contribution in [-0.4, -0.2) is 31.4 Å². The number of hydrogen-bond donors (Lipinski definition) is 1. The predicted octanol–water partition coefficient (Wildman–Crippen LogP) is 3.22. The molecule has 0 aliphatic carbocycles. The van der Waals surface area contributed by atoms with E-state index in [0.717, 1.165) is 27.3 Å². The first-order valence-corrected chi connectivity index (χ1v) is 8.69. The van der Waals surface area contributed by atoms with Crippen molar-refractivity contribution in [2.75, 3.05) is 11.1 Å². The van der Waals surface area contributed by atoms with Crippen molar-refractivity contribution >= 4 is 34.4 Å². The van der Waals surface area contributed by atoms with Crippen LogP contribution >= 0.6 is 11.8 Å². The minimum atomic E-state index is -0.0521. The van der Waals surface area contributed by atoms with E-state index in [4.69, 9.17) is 0 Å². The van der Waals surface area contributed by atoms with Gasteiger partial charge in [-0.1, -0.05) is 43.8 Å². The van der Waals surface area contributed by atoms with Crippen LogP contribution in [0.5, 0.6) is 0 Å². The molecule has 7 heteroatoms. The second-order valence-corrected chi connectivity index (χ2v) is 6.73. The molecule has 0 radical (unpaired) electrons. The second-order valence-electron chi connectivity index (χ2n) is 5.76. The zero-order valence-electron chi connectivity index (χ0n) is 13.9. The van der Waals surface area contributed by atoms with E-state index in [9.17, 15) is 4.79 Å². The summed E-state index contributed by atoms with van der Waals surface area (Å²) in [5.41, 5.74) is 2.76. The third-order valence-electron chi connectivity index (χ3n) is 3.69. The summed E-state index contributed by atoms with van der Waals surface area (Å²) < 4.78 is 1.69. The van der Waals surface area contributed by atoms with Crippen molar-refractivity contribution < 1.29 is 4.79 Å². The van der Waals surface area contributed by atoms with Gasteiger partial charge in [-0.05, 0) is 17.5 Å². The van der Waals surface area contributed by atoms with Gasteiger partial charge < -0.3 is 5.32 Å². The highest BCUT2D eigenvalue weighted by Gasteiger charge is 2.12. The van der Waals surface area contributed by atoms with Crippen LogP contribution < -0.4 is 5.32 Å². The maximum Gasteiger partial charge on any atom is 0.234 e. The molecule has 0 atom stereocenters. The molecular formula is C17H19N5OS. The Hall–Kier alpha value is -2.41. The number of nitrogens with one attached hydrogen (secondary N) is 1. The first-order chi connectivity index (χ1) is 11.6. The maximum atomic E-state index is 12.3. The second kappa shape index (κ2) is 7.00. The standard InChI is InChI=1S/C17H19N5OS/c1-11(2)12-6-4-5-7-14(12)21-15(23)9-24-17-13-8-20-22(3)16(13)18-10-19-17/h4-8,10-11H,9H2,1-3H3,(H,21,23). The van der Waals surface area contributed by atoms with Crippen LogP contribution in [0.3, 0.4) is 0 Å². The fourth-order valence-corrected chi connectivity index (χ4v) is 3.25. The first kappa shape index (κ1) is 16.4. The molecule has 3 aromatic rings. The minimum absolute atomic E-state index is 0.0521. The van der Waals surface area contributed by atoms with Crippen molar-refractivity contribution in [2.45, 2.75) is 24.8 Å². The van der Waals surface area contributed by atoms with E-state index in [1.165, 1.54) is 18.1 Å². The van der Waals surface area contributed by atoms with Crippen LogP contribution in [0.4, 0.5) is 5.69 Å². The molecule has 1 aromatic carbocycles. The molecule has 0 aliphatic rings. The summed E-state index contributed by atoms with van der Waals surface area (Å²) in [4.78, 5) is 20.8. The largest absolute Gasteiger partial charge is 0.325 e. The lowest BCUT2D eigenvalue weighted by Gasteiger charge is -2.13. The number of carbonyl (C=O) groups is 1. The van der Waals surface area contributed by atoms with Gasteiger partial charge in [-0.2, -0.15) is 5.10 Å². The van der Waals surface area contributed by atoms with Gasteiger partial charge in [-0.15, -0.1) is 0 Å². The summed E-state index contributed by atoms with van der Waals surface area (Å²) >= 11 is 1.39. The van der Waals surface area contributed by atoms with Crippen LogP contribution in [0.15, 0.2) is 41.8 Å². The molecule has 6 nitrogen and oxygen atoms in total. The third-order valence-corrected chi connectivity index (χ3v) is 4.70. The molecule has 1 amide bonds. The van der Waals surface area contributed by atoms with E-state index in [0.29, 0.717) is 5.92 Å². The van der Waals surface area contributed by atoms with Crippen LogP contribution in [0.25, 0.3) is 11.0 Å². The number of nitrogens with zero attached hydrogens (tertiary/aromatic N) is 4. The Kier molecular flexibility index (Phi) is 4.80. The third kappa shape index (κ3) is 3.41. The Bertz CT molecular complexity index is 874. The molecule has 0 aliphatic heterocycles. The van der Waals surface area contributed by atoms with Crippen LogP contribution in [0.1, 0.15) is 25.3 Å². The number of anilines is 1. The highest BCUT2D eigenvalue weighted by atomic mass is 32.2. The summed E-state index contributed by atoms with van der Waals surface area (Å²) in [5, 5.41) is 8.80. The number of thioether (sulfide) groups is 1. The van der Waals surface area contributed by atoms with Gasteiger partial charge >= 0.3 is 0 Å². The monoisotopic (exact) mass is 341 g/mol. The molecule has 0 fully saturated rings. The van der Waals surface area contributed by atoms with Crippen LogP contribution in [-0.2, 0) is 11.8 Å². The number of benzene rings is 1. The lowest BCUT2D eigenvalue weighted by atomic mass is 10.0. The molecule has 2 aromatic heterocycles. The topological polar surface area (TPSA) is 72.7 Å². The van der Waals surface area contributed by atoms with E-state index in [-0.39, 0.29) is 11.7 Å². The Morgan fingerprint density at radius 2 is 2.08 bits per heavy atom. The number of fused-ring (bicyclic) bond motifs is 1. The molecule has 2 heterocycles. The fraction of sp³-hybridized carbons (Fsp3) is 0.294. The van der Waals surface area contributed by atoms with E-state index in [1.54, 1.807) is 10.9 Å². The summed E-state index contributed by atoms with van der Waals surface area (Å²) in [6.45, 7) is 4.22. The van der Waals surface area contributed by atoms with Gasteiger partial charge in [0.15, 0.2) is 5.65 Å². The number of aromatic nitrogens is 4. The molecular weight excluding hydrogens is 322 g/mol. The fourth-order valence-electron chi connectivity index (χ4n) is 2.49. The zero-order chi connectivity index (χ0) is 17.1. The van der Waals surface area contributed by atoms with E-state index in [1.807, 2.05) is 31.3 Å². The van der Waals surface area contributed by atoms with Crippen molar-refractivity contribution in [3.05, 3.63) is 42.4 Å². The van der Waals surface area contributed by atoms with Gasteiger partial charge in [0.25, 0.3) is 0 Å². The van der Waals surface area contributed by atoms with Crippen LogP contribution in [0, 0.1) is 0 Å². The number of carbonyl (C=O) groups excluding carboxylic acids is 1.